The average molecular weight is 250 g/mol. The van der Waals surface area contributed by atoms with Crippen LogP contribution in [0.4, 0.5) is 0 Å². The van der Waals surface area contributed by atoms with Gasteiger partial charge in [0.05, 0.1) is 18.0 Å². The molecule has 3 atom stereocenters. The van der Waals surface area contributed by atoms with Gasteiger partial charge in [-0.05, 0) is 25.2 Å². The molecule has 0 aromatic rings. The Morgan fingerprint density at radius 2 is 2.12 bits per heavy atom. The molecule has 0 bridgehead atoms. The molecule has 3 unspecified atom stereocenters. The Kier molecular flexibility index (Phi) is 5.21. The number of hydrogen-bond acceptors (Lipinski definition) is 4. The molecule has 0 amide bonds. The molecule has 16 heavy (non-hydrogen) atoms. The van der Waals surface area contributed by atoms with Crippen molar-refractivity contribution in [2.45, 2.75) is 43.5 Å². The van der Waals surface area contributed by atoms with Gasteiger partial charge in [0.25, 0.3) is 0 Å². The monoisotopic (exact) mass is 250 g/mol. The zero-order valence-electron chi connectivity index (χ0n) is 10.1. The van der Waals surface area contributed by atoms with Crippen molar-refractivity contribution in [2.24, 2.45) is 5.92 Å². The van der Waals surface area contributed by atoms with Crippen molar-refractivity contribution in [3.8, 4) is 0 Å². The van der Waals surface area contributed by atoms with Crippen LogP contribution >= 0.6 is 0 Å². The maximum atomic E-state index is 11.5. The molecule has 5 heteroatoms. The van der Waals surface area contributed by atoms with E-state index in [1.54, 1.807) is 7.11 Å². The Hall–Kier alpha value is -0.130. The smallest absolute Gasteiger partial charge is 0.150 e. The van der Waals surface area contributed by atoms with Crippen molar-refractivity contribution in [3.63, 3.8) is 0 Å². The van der Waals surface area contributed by atoms with Gasteiger partial charge in [-0.3, -0.25) is 0 Å². The summed E-state index contributed by atoms with van der Waals surface area (Å²) in [6.07, 6.45) is 4.93. The molecule has 0 spiro atoms. The van der Waals surface area contributed by atoms with Gasteiger partial charge in [-0.2, -0.15) is 0 Å². The summed E-state index contributed by atoms with van der Waals surface area (Å²) in [5, 5.41) is 9.41. The Morgan fingerprint density at radius 3 is 2.69 bits per heavy atom. The van der Waals surface area contributed by atoms with Crippen molar-refractivity contribution in [2.75, 3.05) is 20.0 Å². The summed E-state index contributed by atoms with van der Waals surface area (Å²) in [6, 6.07) is 0. The van der Waals surface area contributed by atoms with Crippen LogP contribution in [-0.4, -0.2) is 44.9 Å². The first-order valence-electron chi connectivity index (χ1n) is 5.79. The lowest BCUT2D eigenvalue weighted by atomic mass is 9.85. The molecule has 0 saturated heterocycles. The van der Waals surface area contributed by atoms with E-state index in [0.29, 0.717) is 25.4 Å². The summed E-state index contributed by atoms with van der Waals surface area (Å²) in [4.78, 5) is 0. The maximum Gasteiger partial charge on any atom is 0.150 e. The number of hydrogen-bond donors (Lipinski definition) is 1. The van der Waals surface area contributed by atoms with E-state index in [1.165, 1.54) is 6.26 Å². The fourth-order valence-electron chi connectivity index (χ4n) is 2.49. The highest BCUT2D eigenvalue weighted by Gasteiger charge is 2.29. The van der Waals surface area contributed by atoms with Gasteiger partial charge in [-0.25, -0.2) is 8.42 Å². The van der Waals surface area contributed by atoms with E-state index in [1.807, 2.05) is 0 Å². The Labute approximate surface area is 97.9 Å². The molecule has 1 N–H and O–H groups in total. The second kappa shape index (κ2) is 5.98. The number of aliphatic hydroxyl groups is 1. The molecule has 0 heterocycles. The van der Waals surface area contributed by atoms with Gasteiger partial charge >= 0.3 is 0 Å². The van der Waals surface area contributed by atoms with Gasteiger partial charge in [0.2, 0.25) is 0 Å². The van der Waals surface area contributed by atoms with Crippen LogP contribution in [0.3, 0.4) is 0 Å². The predicted octanol–water partition coefficient (Wildman–Crippen LogP) is 0.987. The molecule has 1 saturated carbocycles. The highest BCUT2D eigenvalue weighted by Crippen LogP contribution is 2.31. The summed E-state index contributed by atoms with van der Waals surface area (Å²) < 4.78 is 27.8. The fourth-order valence-corrected chi connectivity index (χ4v) is 3.71. The first-order chi connectivity index (χ1) is 7.43. The lowest BCUT2D eigenvalue weighted by Gasteiger charge is -2.29. The second-order valence-electron chi connectivity index (χ2n) is 4.83. The van der Waals surface area contributed by atoms with Crippen molar-refractivity contribution in [1.29, 1.82) is 0 Å². The van der Waals surface area contributed by atoms with Crippen LogP contribution in [0.15, 0.2) is 0 Å². The number of methoxy groups -OCH3 is 1. The molecule has 0 aromatic carbocycles. The van der Waals surface area contributed by atoms with E-state index in [4.69, 9.17) is 4.74 Å². The van der Waals surface area contributed by atoms with Crippen LogP contribution in [-0.2, 0) is 14.6 Å². The van der Waals surface area contributed by atoms with Gasteiger partial charge in [-0.15, -0.1) is 0 Å². The molecule has 96 valence electrons. The highest BCUT2D eigenvalue weighted by atomic mass is 32.2. The van der Waals surface area contributed by atoms with Gasteiger partial charge in [0.15, 0.2) is 0 Å². The van der Waals surface area contributed by atoms with Gasteiger partial charge < -0.3 is 9.84 Å². The summed E-state index contributed by atoms with van der Waals surface area (Å²) in [5.74, 6) is 0.318. The third-order valence-electron chi connectivity index (χ3n) is 3.30. The van der Waals surface area contributed by atoms with E-state index < -0.39 is 15.9 Å². The van der Waals surface area contributed by atoms with Crippen LogP contribution in [0.5, 0.6) is 0 Å². The van der Waals surface area contributed by atoms with Crippen molar-refractivity contribution in [3.05, 3.63) is 0 Å². The molecule has 0 radical (unpaired) electrons. The average Bonchev–Trinajstić information content (AvgIpc) is 2.17. The van der Waals surface area contributed by atoms with Crippen molar-refractivity contribution in [1.82, 2.24) is 0 Å². The third-order valence-corrected chi connectivity index (χ3v) is 4.94. The summed E-state index contributed by atoms with van der Waals surface area (Å²) >= 11 is 0. The first-order valence-corrected chi connectivity index (χ1v) is 7.74. The number of rotatable bonds is 5. The minimum Gasteiger partial charge on any atom is -0.391 e. The van der Waals surface area contributed by atoms with E-state index in [0.717, 1.165) is 19.3 Å². The Balaban J connectivity index is 2.45. The maximum absolute atomic E-state index is 11.5. The largest absolute Gasteiger partial charge is 0.391 e. The van der Waals surface area contributed by atoms with E-state index in [9.17, 15) is 13.5 Å². The molecule has 0 aliphatic heterocycles. The fraction of sp³-hybridized carbons (Fsp3) is 1.00. The van der Waals surface area contributed by atoms with E-state index >= 15 is 0 Å². The lowest BCUT2D eigenvalue weighted by molar-refractivity contribution is 0.0441. The molecule has 0 aromatic heterocycles. The molecule has 1 rings (SSSR count). The number of aliphatic hydroxyl groups excluding tert-OH is 1. The topological polar surface area (TPSA) is 63.6 Å². The lowest BCUT2D eigenvalue weighted by Crippen LogP contribution is -2.30. The summed E-state index contributed by atoms with van der Waals surface area (Å²) in [6.45, 7) is 0.333. The van der Waals surface area contributed by atoms with Gasteiger partial charge in [-0.1, -0.05) is 12.8 Å². The molecule has 1 fully saturated rings. The molecule has 1 aliphatic carbocycles. The normalized spacial score (nSPS) is 28.9. The number of sulfone groups is 1. The van der Waals surface area contributed by atoms with Crippen LogP contribution < -0.4 is 0 Å². The molecular weight excluding hydrogens is 228 g/mol. The molecule has 1 aliphatic rings. The molecule has 4 nitrogen and oxygen atoms in total. The summed E-state index contributed by atoms with van der Waals surface area (Å²) in [7, 11) is -1.36. The second-order valence-corrected chi connectivity index (χ2v) is 7.15. The van der Waals surface area contributed by atoms with Crippen molar-refractivity contribution < 1.29 is 18.3 Å². The zero-order valence-corrected chi connectivity index (χ0v) is 10.9. The SMILES string of the molecule is COCC(O)CC1CCCC(S(C)(=O)=O)C1. The van der Waals surface area contributed by atoms with Crippen LogP contribution in [0.25, 0.3) is 0 Å². The number of ether oxygens (including phenoxy) is 1. The Morgan fingerprint density at radius 1 is 1.44 bits per heavy atom. The van der Waals surface area contributed by atoms with Crippen LogP contribution in [0.2, 0.25) is 0 Å². The van der Waals surface area contributed by atoms with E-state index in [2.05, 4.69) is 0 Å². The van der Waals surface area contributed by atoms with Crippen LogP contribution in [0, 0.1) is 5.92 Å². The van der Waals surface area contributed by atoms with Crippen molar-refractivity contribution >= 4 is 9.84 Å². The summed E-state index contributed by atoms with van der Waals surface area (Å²) in [5.41, 5.74) is 0. The highest BCUT2D eigenvalue weighted by molar-refractivity contribution is 7.91. The van der Waals surface area contributed by atoms with Gasteiger partial charge in [0.1, 0.15) is 9.84 Å². The quantitative estimate of drug-likeness (QED) is 0.790. The minimum atomic E-state index is -2.92. The van der Waals surface area contributed by atoms with Gasteiger partial charge in [0, 0.05) is 13.4 Å². The third kappa shape index (κ3) is 4.39. The zero-order chi connectivity index (χ0) is 12.2. The minimum absolute atomic E-state index is 0.207. The van der Waals surface area contributed by atoms with E-state index in [-0.39, 0.29) is 5.25 Å². The Bertz CT molecular complexity index is 299. The predicted molar refractivity (Wildman–Crippen MR) is 63.1 cm³/mol. The standard InChI is InChI=1S/C11H22O4S/c1-15-8-10(12)6-9-4-3-5-11(7-9)16(2,13)14/h9-12H,3-8H2,1-2H3. The van der Waals surface area contributed by atoms with Crippen LogP contribution in [0.1, 0.15) is 32.1 Å². The molecular formula is C11H22O4S. The first kappa shape index (κ1) is 13.9.